The van der Waals surface area contributed by atoms with Crippen LogP contribution in [0, 0.1) is 0 Å². The van der Waals surface area contributed by atoms with Crippen LogP contribution in [0.1, 0.15) is 43.7 Å². The quantitative estimate of drug-likeness (QED) is 0.762. The summed E-state index contributed by atoms with van der Waals surface area (Å²) in [7, 11) is 2.04. The minimum absolute atomic E-state index is 0.658. The minimum Gasteiger partial charge on any atom is -0.268 e. The molecule has 1 aromatic heterocycles. The molecule has 1 aromatic carbocycles. The molecule has 1 fully saturated rings. The number of benzene rings is 1. The van der Waals surface area contributed by atoms with E-state index in [-0.39, 0.29) is 0 Å². The number of hydrogen-bond donors (Lipinski definition) is 0. The standard InChI is InChI=1S/C14H17BrN2/c1-17-12-9-5-8-11(15)13(12)14(16-17)10-6-3-2-4-7-10/h5,8-10H,2-4,6-7H2,1H3. The minimum atomic E-state index is 0.658. The molecule has 0 N–H and O–H groups in total. The number of halogens is 1. The van der Waals surface area contributed by atoms with E-state index in [9.17, 15) is 0 Å². The first-order valence-corrected chi connectivity index (χ1v) is 7.18. The molecule has 1 saturated carbocycles. The van der Waals surface area contributed by atoms with Crippen LogP contribution >= 0.6 is 15.9 Å². The molecule has 0 unspecified atom stereocenters. The summed E-state index contributed by atoms with van der Waals surface area (Å²) in [6.45, 7) is 0. The molecule has 3 heteroatoms. The largest absolute Gasteiger partial charge is 0.268 e. The van der Waals surface area contributed by atoms with Gasteiger partial charge in [-0.25, -0.2) is 0 Å². The Labute approximate surface area is 110 Å². The summed E-state index contributed by atoms with van der Waals surface area (Å²) in [5.41, 5.74) is 2.54. The fourth-order valence-electron chi connectivity index (χ4n) is 2.96. The van der Waals surface area contributed by atoms with Crippen LogP contribution in [0.25, 0.3) is 10.9 Å². The van der Waals surface area contributed by atoms with Gasteiger partial charge >= 0.3 is 0 Å². The highest BCUT2D eigenvalue weighted by atomic mass is 79.9. The van der Waals surface area contributed by atoms with Crippen molar-refractivity contribution in [2.75, 3.05) is 0 Å². The maximum atomic E-state index is 4.76. The fourth-order valence-corrected chi connectivity index (χ4v) is 3.52. The van der Waals surface area contributed by atoms with E-state index in [2.05, 4.69) is 34.1 Å². The molecule has 1 aliphatic carbocycles. The average molecular weight is 293 g/mol. The Morgan fingerprint density at radius 3 is 2.76 bits per heavy atom. The van der Waals surface area contributed by atoms with Crippen molar-refractivity contribution in [3.8, 4) is 0 Å². The SMILES string of the molecule is Cn1nc(C2CCCCC2)c2c(Br)cccc21. The second kappa shape index (κ2) is 4.45. The lowest BCUT2D eigenvalue weighted by Crippen LogP contribution is -2.06. The Morgan fingerprint density at radius 1 is 1.24 bits per heavy atom. The van der Waals surface area contributed by atoms with Crippen LogP contribution in [0.15, 0.2) is 22.7 Å². The summed E-state index contributed by atoms with van der Waals surface area (Å²) in [6, 6.07) is 6.36. The first kappa shape index (κ1) is 11.3. The molecule has 1 heterocycles. The van der Waals surface area contributed by atoms with Crippen molar-refractivity contribution in [2.45, 2.75) is 38.0 Å². The normalized spacial score (nSPS) is 17.8. The molecule has 0 bridgehead atoms. The fraction of sp³-hybridized carbons (Fsp3) is 0.500. The smallest absolute Gasteiger partial charge is 0.0745 e. The predicted molar refractivity (Wildman–Crippen MR) is 74.2 cm³/mol. The number of fused-ring (bicyclic) bond motifs is 1. The topological polar surface area (TPSA) is 17.8 Å². The summed E-state index contributed by atoms with van der Waals surface area (Å²) in [4.78, 5) is 0. The molecule has 0 atom stereocenters. The number of aromatic nitrogens is 2. The van der Waals surface area contributed by atoms with E-state index in [1.165, 1.54) is 53.2 Å². The monoisotopic (exact) mass is 292 g/mol. The van der Waals surface area contributed by atoms with E-state index in [1.807, 2.05) is 11.7 Å². The second-order valence-corrected chi connectivity index (χ2v) is 5.83. The molecule has 0 aliphatic heterocycles. The molecule has 17 heavy (non-hydrogen) atoms. The molecule has 0 radical (unpaired) electrons. The van der Waals surface area contributed by atoms with Gasteiger partial charge in [-0.2, -0.15) is 5.10 Å². The third kappa shape index (κ3) is 1.90. The van der Waals surface area contributed by atoms with Crippen LogP contribution in [0.4, 0.5) is 0 Å². The van der Waals surface area contributed by atoms with Crippen LogP contribution in [-0.2, 0) is 7.05 Å². The molecular formula is C14H17BrN2. The molecule has 2 nitrogen and oxygen atoms in total. The van der Waals surface area contributed by atoms with Gasteiger partial charge in [-0.15, -0.1) is 0 Å². The van der Waals surface area contributed by atoms with Gasteiger partial charge in [0.1, 0.15) is 0 Å². The van der Waals surface area contributed by atoms with E-state index in [1.54, 1.807) is 0 Å². The van der Waals surface area contributed by atoms with Crippen LogP contribution in [0.3, 0.4) is 0 Å². The van der Waals surface area contributed by atoms with Crippen LogP contribution in [0.5, 0.6) is 0 Å². The Bertz CT molecular complexity index is 538. The first-order chi connectivity index (χ1) is 8.27. The lowest BCUT2D eigenvalue weighted by Gasteiger charge is -2.20. The van der Waals surface area contributed by atoms with E-state index in [0.29, 0.717) is 5.92 Å². The Kier molecular flexibility index (Phi) is 2.95. The molecule has 1 aliphatic rings. The van der Waals surface area contributed by atoms with Gasteiger partial charge in [0.05, 0.1) is 11.2 Å². The molecule has 3 rings (SSSR count). The highest BCUT2D eigenvalue weighted by Crippen LogP contribution is 2.38. The van der Waals surface area contributed by atoms with Gasteiger partial charge < -0.3 is 0 Å². The highest BCUT2D eigenvalue weighted by molar-refractivity contribution is 9.10. The van der Waals surface area contributed by atoms with Gasteiger partial charge in [-0.3, -0.25) is 4.68 Å². The molecule has 90 valence electrons. The number of aryl methyl sites for hydroxylation is 1. The van der Waals surface area contributed by atoms with Crippen molar-refractivity contribution in [3.05, 3.63) is 28.4 Å². The lowest BCUT2D eigenvalue weighted by molar-refractivity contribution is 0.435. The zero-order valence-corrected chi connectivity index (χ0v) is 11.7. The summed E-state index contributed by atoms with van der Waals surface area (Å²) in [5.74, 6) is 0.658. The zero-order valence-electron chi connectivity index (χ0n) is 10.1. The molecule has 0 amide bonds. The van der Waals surface area contributed by atoms with Gasteiger partial charge in [0.25, 0.3) is 0 Å². The van der Waals surface area contributed by atoms with Gasteiger partial charge in [0.15, 0.2) is 0 Å². The Balaban J connectivity index is 2.15. The number of nitrogens with zero attached hydrogens (tertiary/aromatic N) is 2. The van der Waals surface area contributed by atoms with Crippen LogP contribution in [0.2, 0.25) is 0 Å². The highest BCUT2D eigenvalue weighted by Gasteiger charge is 2.22. The van der Waals surface area contributed by atoms with Crippen molar-refractivity contribution < 1.29 is 0 Å². The van der Waals surface area contributed by atoms with Crippen molar-refractivity contribution in [1.82, 2.24) is 9.78 Å². The van der Waals surface area contributed by atoms with Crippen LogP contribution < -0.4 is 0 Å². The Morgan fingerprint density at radius 2 is 2.00 bits per heavy atom. The second-order valence-electron chi connectivity index (χ2n) is 4.98. The zero-order chi connectivity index (χ0) is 11.8. The van der Waals surface area contributed by atoms with Gasteiger partial charge in [0, 0.05) is 22.8 Å². The first-order valence-electron chi connectivity index (χ1n) is 6.38. The number of hydrogen-bond acceptors (Lipinski definition) is 1. The maximum Gasteiger partial charge on any atom is 0.0745 e. The third-order valence-corrected chi connectivity index (χ3v) is 4.51. The third-order valence-electron chi connectivity index (χ3n) is 3.85. The number of rotatable bonds is 1. The summed E-state index contributed by atoms with van der Waals surface area (Å²) >= 11 is 3.67. The molecule has 2 aromatic rings. The van der Waals surface area contributed by atoms with Gasteiger partial charge in [0.2, 0.25) is 0 Å². The maximum absolute atomic E-state index is 4.76. The van der Waals surface area contributed by atoms with Crippen molar-refractivity contribution >= 4 is 26.8 Å². The molecule has 0 spiro atoms. The van der Waals surface area contributed by atoms with E-state index >= 15 is 0 Å². The van der Waals surface area contributed by atoms with E-state index in [4.69, 9.17) is 5.10 Å². The van der Waals surface area contributed by atoms with Crippen molar-refractivity contribution in [2.24, 2.45) is 7.05 Å². The molecule has 0 saturated heterocycles. The average Bonchev–Trinajstić information content (AvgIpc) is 2.70. The summed E-state index contributed by atoms with van der Waals surface area (Å²) in [6.07, 6.45) is 6.70. The summed E-state index contributed by atoms with van der Waals surface area (Å²) < 4.78 is 3.20. The lowest BCUT2D eigenvalue weighted by atomic mass is 9.86. The predicted octanol–water partition coefficient (Wildman–Crippen LogP) is 4.38. The van der Waals surface area contributed by atoms with Crippen LogP contribution in [-0.4, -0.2) is 9.78 Å². The van der Waals surface area contributed by atoms with Crippen molar-refractivity contribution in [3.63, 3.8) is 0 Å². The van der Waals surface area contributed by atoms with E-state index < -0.39 is 0 Å². The Hall–Kier alpha value is -0.830. The summed E-state index contributed by atoms with van der Waals surface area (Å²) in [5, 5.41) is 6.08. The van der Waals surface area contributed by atoms with Gasteiger partial charge in [-0.1, -0.05) is 41.3 Å². The van der Waals surface area contributed by atoms with Gasteiger partial charge in [-0.05, 0) is 25.0 Å². The van der Waals surface area contributed by atoms with Crippen molar-refractivity contribution in [1.29, 1.82) is 0 Å². The molecular weight excluding hydrogens is 276 g/mol. The van der Waals surface area contributed by atoms with E-state index in [0.717, 1.165) is 0 Å².